The maximum Gasteiger partial charge on any atom is 0.234 e. The molecule has 0 aromatic rings. The van der Waals surface area contributed by atoms with E-state index in [1.54, 1.807) is 0 Å². The van der Waals surface area contributed by atoms with Crippen LogP contribution in [-0.2, 0) is 4.79 Å². The molecule has 0 radical (unpaired) electrons. The third-order valence-corrected chi connectivity index (χ3v) is 4.25. The van der Waals surface area contributed by atoms with Gasteiger partial charge in [-0.25, -0.2) is 0 Å². The van der Waals surface area contributed by atoms with Crippen LogP contribution in [0.3, 0.4) is 0 Å². The SMILES string of the molecule is CCC(C)NCC(=O)NC1CCCCC1C(C)C. The Morgan fingerprint density at radius 3 is 2.50 bits per heavy atom. The lowest BCUT2D eigenvalue weighted by Gasteiger charge is -2.35. The molecule has 3 heteroatoms. The van der Waals surface area contributed by atoms with Crippen LogP contribution in [0.1, 0.15) is 59.8 Å². The van der Waals surface area contributed by atoms with E-state index >= 15 is 0 Å². The first kappa shape index (κ1) is 15.5. The van der Waals surface area contributed by atoms with E-state index in [1.165, 1.54) is 19.3 Å². The summed E-state index contributed by atoms with van der Waals surface area (Å²) in [6.07, 6.45) is 6.05. The Morgan fingerprint density at radius 2 is 1.89 bits per heavy atom. The van der Waals surface area contributed by atoms with E-state index in [0.717, 1.165) is 12.8 Å². The molecule has 18 heavy (non-hydrogen) atoms. The molecule has 2 N–H and O–H groups in total. The average molecular weight is 254 g/mol. The highest BCUT2D eigenvalue weighted by Gasteiger charge is 2.28. The molecule has 106 valence electrons. The van der Waals surface area contributed by atoms with Crippen LogP contribution in [0.4, 0.5) is 0 Å². The number of hydrogen-bond acceptors (Lipinski definition) is 2. The van der Waals surface area contributed by atoms with Crippen molar-refractivity contribution in [2.75, 3.05) is 6.54 Å². The van der Waals surface area contributed by atoms with E-state index in [4.69, 9.17) is 0 Å². The fraction of sp³-hybridized carbons (Fsp3) is 0.933. The number of hydrogen-bond donors (Lipinski definition) is 2. The minimum Gasteiger partial charge on any atom is -0.352 e. The summed E-state index contributed by atoms with van der Waals surface area (Å²) in [6.45, 7) is 9.24. The van der Waals surface area contributed by atoms with Gasteiger partial charge in [-0.05, 0) is 38.0 Å². The van der Waals surface area contributed by atoms with Gasteiger partial charge in [0.15, 0.2) is 0 Å². The fourth-order valence-corrected chi connectivity index (χ4v) is 2.81. The summed E-state index contributed by atoms with van der Waals surface area (Å²) in [5.74, 6) is 1.48. The first-order chi connectivity index (χ1) is 8.54. The predicted octanol–water partition coefficient (Wildman–Crippen LogP) is 2.71. The Morgan fingerprint density at radius 1 is 1.22 bits per heavy atom. The van der Waals surface area contributed by atoms with Crippen molar-refractivity contribution in [3.63, 3.8) is 0 Å². The van der Waals surface area contributed by atoms with Crippen LogP contribution < -0.4 is 10.6 Å². The van der Waals surface area contributed by atoms with Crippen molar-refractivity contribution in [2.45, 2.75) is 71.9 Å². The standard InChI is InChI=1S/C15H30N2O/c1-5-12(4)16-10-15(18)17-14-9-7-6-8-13(14)11(2)3/h11-14,16H,5-10H2,1-4H3,(H,17,18). The quantitative estimate of drug-likeness (QED) is 0.765. The summed E-state index contributed by atoms with van der Waals surface area (Å²) in [5.41, 5.74) is 0. The summed E-state index contributed by atoms with van der Waals surface area (Å²) in [5, 5.41) is 6.48. The van der Waals surface area contributed by atoms with Crippen LogP contribution >= 0.6 is 0 Å². The first-order valence-corrected chi connectivity index (χ1v) is 7.57. The highest BCUT2D eigenvalue weighted by Crippen LogP contribution is 2.30. The highest BCUT2D eigenvalue weighted by molar-refractivity contribution is 5.78. The van der Waals surface area contributed by atoms with E-state index in [-0.39, 0.29) is 5.91 Å². The van der Waals surface area contributed by atoms with Crippen LogP contribution in [-0.4, -0.2) is 24.5 Å². The summed E-state index contributed by atoms with van der Waals surface area (Å²) in [7, 11) is 0. The molecule has 0 aliphatic heterocycles. The number of amides is 1. The van der Waals surface area contributed by atoms with Crippen molar-refractivity contribution in [3.05, 3.63) is 0 Å². The molecule has 1 saturated carbocycles. The Labute approximate surface area is 112 Å². The lowest BCUT2D eigenvalue weighted by Crippen LogP contribution is -2.47. The number of carbonyl (C=O) groups excluding carboxylic acids is 1. The van der Waals surface area contributed by atoms with Crippen molar-refractivity contribution >= 4 is 5.91 Å². The number of carbonyl (C=O) groups is 1. The number of nitrogens with one attached hydrogen (secondary N) is 2. The molecule has 3 atom stereocenters. The molecule has 1 rings (SSSR count). The van der Waals surface area contributed by atoms with E-state index in [2.05, 4.69) is 38.3 Å². The van der Waals surface area contributed by atoms with Crippen LogP contribution in [0.5, 0.6) is 0 Å². The van der Waals surface area contributed by atoms with Gasteiger partial charge in [-0.1, -0.05) is 33.6 Å². The molecular weight excluding hydrogens is 224 g/mol. The Hall–Kier alpha value is -0.570. The Bertz CT molecular complexity index is 253. The van der Waals surface area contributed by atoms with Gasteiger partial charge in [-0.2, -0.15) is 0 Å². The van der Waals surface area contributed by atoms with Crippen molar-refractivity contribution in [1.82, 2.24) is 10.6 Å². The molecular formula is C15H30N2O. The van der Waals surface area contributed by atoms with Crippen LogP contribution in [0.2, 0.25) is 0 Å². The normalized spacial score (nSPS) is 26.1. The minimum atomic E-state index is 0.160. The van der Waals surface area contributed by atoms with Gasteiger partial charge in [0.25, 0.3) is 0 Å². The molecule has 0 spiro atoms. The zero-order valence-electron chi connectivity index (χ0n) is 12.5. The van der Waals surface area contributed by atoms with Gasteiger partial charge in [0.05, 0.1) is 6.54 Å². The molecule has 0 aromatic carbocycles. The van der Waals surface area contributed by atoms with Crippen LogP contribution in [0.15, 0.2) is 0 Å². The second-order valence-corrected chi connectivity index (χ2v) is 6.06. The van der Waals surface area contributed by atoms with Gasteiger partial charge in [0, 0.05) is 12.1 Å². The second-order valence-electron chi connectivity index (χ2n) is 6.06. The van der Waals surface area contributed by atoms with Gasteiger partial charge in [0.1, 0.15) is 0 Å². The van der Waals surface area contributed by atoms with Gasteiger partial charge >= 0.3 is 0 Å². The molecule has 1 amide bonds. The average Bonchev–Trinajstić information content (AvgIpc) is 2.36. The van der Waals surface area contributed by atoms with Crippen LogP contribution in [0, 0.1) is 11.8 Å². The molecule has 0 bridgehead atoms. The summed E-state index contributed by atoms with van der Waals surface area (Å²) >= 11 is 0. The third kappa shape index (κ3) is 4.97. The summed E-state index contributed by atoms with van der Waals surface area (Å²) in [4.78, 5) is 11.9. The van der Waals surface area contributed by atoms with E-state index in [1.807, 2.05) is 0 Å². The Balaban J connectivity index is 2.36. The van der Waals surface area contributed by atoms with Crippen molar-refractivity contribution in [1.29, 1.82) is 0 Å². The third-order valence-electron chi connectivity index (χ3n) is 4.25. The number of rotatable bonds is 6. The molecule has 1 fully saturated rings. The monoisotopic (exact) mass is 254 g/mol. The van der Waals surface area contributed by atoms with Crippen LogP contribution in [0.25, 0.3) is 0 Å². The zero-order valence-corrected chi connectivity index (χ0v) is 12.5. The molecule has 0 saturated heterocycles. The fourth-order valence-electron chi connectivity index (χ4n) is 2.81. The molecule has 3 unspecified atom stereocenters. The van der Waals surface area contributed by atoms with E-state index in [9.17, 15) is 4.79 Å². The Kier molecular flexibility index (Phi) is 6.69. The predicted molar refractivity (Wildman–Crippen MR) is 76.5 cm³/mol. The topological polar surface area (TPSA) is 41.1 Å². The van der Waals surface area contributed by atoms with Crippen molar-refractivity contribution in [3.8, 4) is 0 Å². The van der Waals surface area contributed by atoms with E-state index in [0.29, 0.717) is 30.5 Å². The lowest BCUT2D eigenvalue weighted by molar-refractivity contribution is -0.121. The van der Waals surface area contributed by atoms with Gasteiger partial charge in [0.2, 0.25) is 5.91 Å². The molecule has 1 aliphatic rings. The molecule has 1 aliphatic carbocycles. The molecule has 0 heterocycles. The van der Waals surface area contributed by atoms with Gasteiger partial charge in [-0.15, -0.1) is 0 Å². The highest BCUT2D eigenvalue weighted by atomic mass is 16.2. The smallest absolute Gasteiger partial charge is 0.234 e. The molecule has 3 nitrogen and oxygen atoms in total. The second kappa shape index (κ2) is 7.78. The minimum absolute atomic E-state index is 0.160. The maximum atomic E-state index is 11.9. The van der Waals surface area contributed by atoms with E-state index < -0.39 is 0 Å². The van der Waals surface area contributed by atoms with Crippen molar-refractivity contribution in [2.24, 2.45) is 11.8 Å². The first-order valence-electron chi connectivity index (χ1n) is 7.57. The maximum absolute atomic E-state index is 11.9. The summed E-state index contributed by atoms with van der Waals surface area (Å²) < 4.78 is 0. The van der Waals surface area contributed by atoms with Gasteiger partial charge in [-0.3, -0.25) is 4.79 Å². The van der Waals surface area contributed by atoms with Crippen molar-refractivity contribution < 1.29 is 4.79 Å². The summed E-state index contributed by atoms with van der Waals surface area (Å²) in [6, 6.07) is 0.813. The zero-order chi connectivity index (χ0) is 13.5. The lowest BCUT2D eigenvalue weighted by atomic mass is 9.78. The largest absolute Gasteiger partial charge is 0.352 e. The molecule has 0 aromatic heterocycles. The van der Waals surface area contributed by atoms with Gasteiger partial charge < -0.3 is 10.6 Å².